The van der Waals surface area contributed by atoms with Crippen LogP contribution >= 0.6 is 22.9 Å². The van der Waals surface area contributed by atoms with Gasteiger partial charge in [-0.3, -0.25) is 9.52 Å². The maximum Gasteiger partial charge on any atom is 0.271 e. The lowest BCUT2D eigenvalue weighted by Gasteiger charge is -2.14. The zero-order chi connectivity index (χ0) is 23.5. The van der Waals surface area contributed by atoms with Gasteiger partial charge in [0.15, 0.2) is 5.76 Å². The smallest absolute Gasteiger partial charge is 0.271 e. The Balaban J connectivity index is 1.84. The average molecular weight is 498 g/mol. The summed E-state index contributed by atoms with van der Waals surface area (Å²) in [6, 6.07) is 6.12. The van der Waals surface area contributed by atoms with E-state index in [4.69, 9.17) is 25.6 Å². The molecule has 2 aromatic heterocycles. The van der Waals surface area contributed by atoms with Gasteiger partial charge in [0, 0.05) is 23.9 Å². The zero-order valence-corrected chi connectivity index (χ0v) is 19.9. The van der Waals surface area contributed by atoms with E-state index in [1.807, 2.05) is 0 Å². The van der Waals surface area contributed by atoms with Crippen molar-refractivity contribution in [2.75, 3.05) is 24.3 Å². The fourth-order valence-corrected chi connectivity index (χ4v) is 5.30. The maximum atomic E-state index is 12.9. The number of anilines is 2. The molecule has 0 radical (unpaired) electrons. The van der Waals surface area contributed by atoms with Crippen LogP contribution in [0.3, 0.4) is 0 Å². The molecular weight excluding hydrogens is 478 g/mol. The molecule has 0 aliphatic rings. The molecule has 9 nitrogen and oxygen atoms in total. The van der Waals surface area contributed by atoms with Gasteiger partial charge in [-0.25, -0.2) is 8.42 Å². The van der Waals surface area contributed by atoms with E-state index in [2.05, 4.69) is 15.2 Å². The number of thiophene rings is 1. The Morgan fingerprint density at radius 1 is 1.19 bits per heavy atom. The van der Waals surface area contributed by atoms with Crippen molar-refractivity contribution < 1.29 is 27.2 Å². The average Bonchev–Trinajstić information content (AvgIpc) is 3.35. The van der Waals surface area contributed by atoms with Crippen molar-refractivity contribution in [3.8, 4) is 11.5 Å². The molecule has 0 unspecified atom stereocenters. The Labute approximate surface area is 194 Å². The quantitative estimate of drug-likeness (QED) is 0.465. The maximum absolute atomic E-state index is 12.9. The minimum atomic E-state index is -3.93. The van der Waals surface area contributed by atoms with Crippen molar-refractivity contribution in [2.24, 2.45) is 0 Å². The van der Waals surface area contributed by atoms with Gasteiger partial charge in [0.05, 0.1) is 19.2 Å². The predicted molar refractivity (Wildman–Crippen MR) is 124 cm³/mol. The number of aryl methyl sites for hydroxylation is 1. The monoisotopic (exact) mass is 497 g/mol. The highest BCUT2D eigenvalue weighted by molar-refractivity contribution is 7.94. The number of methoxy groups -OCH3 is 2. The molecule has 2 heterocycles. The Morgan fingerprint density at radius 3 is 2.59 bits per heavy atom. The normalized spacial score (nSPS) is 11.5. The summed E-state index contributed by atoms with van der Waals surface area (Å²) in [7, 11) is -1.07. The topological polar surface area (TPSA) is 120 Å². The highest BCUT2D eigenvalue weighted by Crippen LogP contribution is 2.38. The van der Waals surface area contributed by atoms with Crippen molar-refractivity contribution >= 4 is 62.4 Å². The summed E-state index contributed by atoms with van der Waals surface area (Å²) in [5.74, 6) is 0.748. The Morgan fingerprint density at radius 2 is 1.94 bits per heavy atom. The van der Waals surface area contributed by atoms with Crippen LogP contribution in [0.2, 0.25) is 5.02 Å². The highest BCUT2D eigenvalue weighted by Gasteiger charge is 2.21. The fourth-order valence-electron chi connectivity index (χ4n) is 2.68. The van der Waals surface area contributed by atoms with Gasteiger partial charge < -0.3 is 19.3 Å². The van der Waals surface area contributed by atoms with Crippen LogP contribution in [0.25, 0.3) is 12.2 Å². The Kier molecular flexibility index (Phi) is 7.12. The zero-order valence-electron chi connectivity index (χ0n) is 17.6. The van der Waals surface area contributed by atoms with Crippen LogP contribution < -0.4 is 19.5 Å². The van der Waals surface area contributed by atoms with Crippen LogP contribution in [0.15, 0.2) is 33.0 Å². The Bertz CT molecular complexity index is 1280. The summed E-state index contributed by atoms with van der Waals surface area (Å²) in [5, 5.41) is 6.62. The third kappa shape index (κ3) is 5.23. The predicted octanol–water partition coefficient (Wildman–Crippen LogP) is 4.64. The second-order valence-electron chi connectivity index (χ2n) is 6.47. The summed E-state index contributed by atoms with van der Waals surface area (Å²) in [6.45, 7) is 3.08. The molecule has 3 rings (SSSR count). The molecule has 0 aliphatic carbocycles. The van der Waals surface area contributed by atoms with Crippen molar-refractivity contribution in [3.05, 3.63) is 45.6 Å². The molecule has 0 bridgehead atoms. The number of benzene rings is 1. The number of halogens is 1. The number of sulfonamides is 1. The first-order chi connectivity index (χ1) is 15.1. The summed E-state index contributed by atoms with van der Waals surface area (Å²) in [6.07, 6.45) is 3.26. The number of ether oxygens (including phenoxy) is 2. The molecule has 2 N–H and O–H groups in total. The molecule has 0 atom stereocenters. The molecule has 1 amide bonds. The summed E-state index contributed by atoms with van der Waals surface area (Å²) in [5.41, 5.74) is 1.10. The SMILES string of the molecule is COc1cc(Cl)c(NS(=O)(=O)c2ccc(C=Cc3onc(C)c3NC(C)=O)s2)c(OC)c1. The second kappa shape index (κ2) is 9.63. The number of hydrogen-bond donors (Lipinski definition) is 2. The number of amides is 1. The number of hydrogen-bond acceptors (Lipinski definition) is 8. The number of nitrogens with one attached hydrogen (secondary N) is 2. The van der Waals surface area contributed by atoms with Crippen molar-refractivity contribution in [1.29, 1.82) is 0 Å². The molecule has 32 heavy (non-hydrogen) atoms. The first kappa shape index (κ1) is 23.6. The van der Waals surface area contributed by atoms with Gasteiger partial charge in [-0.05, 0) is 31.2 Å². The van der Waals surface area contributed by atoms with Crippen LogP contribution in [0, 0.1) is 6.92 Å². The van der Waals surface area contributed by atoms with Gasteiger partial charge >= 0.3 is 0 Å². The van der Waals surface area contributed by atoms with Crippen LogP contribution in [0.1, 0.15) is 23.3 Å². The van der Waals surface area contributed by atoms with E-state index in [0.717, 1.165) is 11.3 Å². The van der Waals surface area contributed by atoms with Crippen LogP contribution in [0.4, 0.5) is 11.4 Å². The van der Waals surface area contributed by atoms with E-state index < -0.39 is 10.0 Å². The number of nitrogens with zero attached hydrogens (tertiary/aromatic N) is 1. The lowest BCUT2D eigenvalue weighted by molar-refractivity contribution is -0.114. The lowest BCUT2D eigenvalue weighted by atomic mass is 10.2. The third-order valence-electron chi connectivity index (χ3n) is 4.18. The third-order valence-corrected chi connectivity index (χ3v) is 7.37. The lowest BCUT2D eigenvalue weighted by Crippen LogP contribution is -2.12. The molecule has 0 saturated heterocycles. The summed E-state index contributed by atoms with van der Waals surface area (Å²) < 4.78 is 43.9. The minimum Gasteiger partial charge on any atom is -0.497 e. The minimum absolute atomic E-state index is 0.0712. The van der Waals surface area contributed by atoms with E-state index in [-0.39, 0.29) is 26.6 Å². The van der Waals surface area contributed by atoms with Crippen LogP contribution in [-0.2, 0) is 14.8 Å². The van der Waals surface area contributed by atoms with Gasteiger partial charge in [-0.15, -0.1) is 11.3 Å². The van der Waals surface area contributed by atoms with Crippen molar-refractivity contribution in [3.63, 3.8) is 0 Å². The molecule has 0 aliphatic heterocycles. The number of carbonyl (C=O) groups excluding carboxylic acids is 1. The fraction of sp³-hybridized carbons (Fsp3) is 0.200. The molecule has 0 spiro atoms. The van der Waals surface area contributed by atoms with E-state index in [0.29, 0.717) is 27.8 Å². The molecule has 1 aromatic carbocycles. The molecule has 0 fully saturated rings. The van der Waals surface area contributed by atoms with Crippen molar-refractivity contribution in [1.82, 2.24) is 5.16 Å². The van der Waals surface area contributed by atoms with E-state index in [1.54, 1.807) is 25.1 Å². The molecule has 170 valence electrons. The van der Waals surface area contributed by atoms with Gasteiger partial charge in [0.1, 0.15) is 32.8 Å². The standard InChI is InChI=1S/C20H20ClN3O6S2/c1-11-19(22-12(2)25)16(30-23-11)7-5-14-6-8-18(31-14)32(26,27)24-20-15(21)9-13(28-3)10-17(20)29-4/h5-10,24H,1-4H3,(H,22,25). The molecule has 12 heteroatoms. The van der Waals surface area contributed by atoms with Crippen LogP contribution in [0.5, 0.6) is 11.5 Å². The first-order valence-corrected chi connectivity index (χ1v) is 11.8. The molecular formula is C20H20ClN3O6S2. The Hall–Kier alpha value is -3.02. The molecule has 3 aromatic rings. The van der Waals surface area contributed by atoms with Gasteiger partial charge in [0.2, 0.25) is 5.91 Å². The van der Waals surface area contributed by atoms with Gasteiger partial charge in [0.25, 0.3) is 10.0 Å². The highest BCUT2D eigenvalue weighted by atomic mass is 35.5. The van der Waals surface area contributed by atoms with E-state index >= 15 is 0 Å². The summed E-state index contributed by atoms with van der Waals surface area (Å²) in [4.78, 5) is 12.0. The van der Waals surface area contributed by atoms with E-state index in [1.165, 1.54) is 39.3 Å². The van der Waals surface area contributed by atoms with Crippen molar-refractivity contribution in [2.45, 2.75) is 18.1 Å². The van der Waals surface area contributed by atoms with Crippen LogP contribution in [-0.4, -0.2) is 33.7 Å². The number of carbonyl (C=O) groups is 1. The first-order valence-electron chi connectivity index (χ1n) is 9.10. The summed E-state index contributed by atoms with van der Waals surface area (Å²) >= 11 is 7.26. The number of aromatic nitrogens is 1. The largest absolute Gasteiger partial charge is 0.497 e. The van der Waals surface area contributed by atoms with E-state index in [9.17, 15) is 13.2 Å². The second-order valence-corrected chi connectivity index (χ2v) is 9.90. The van der Waals surface area contributed by atoms with Gasteiger partial charge in [-0.1, -0.05) is 16.8 Å². The number of rotatable bonds is 8. The molecule has 0 saturated carbocycles. The van der Waals surface area contributed by atoms with Gasteiger partial charge in [-0.2, -0.15) is 0 Å².